The summed E-state index contributed by atoms with van der Waals surface area (Å²) in [5.74, 6) is -2.80. The number of carboxylic acids is 1. The number of hydrogen-bond donors (Lipinski definition) is 5. The van der Waals surface area contributed by atoms with Gasteiger partial charge < -0.3 is 26.8 Å². The van der Waals surface area contributed by atoms with E-state index in [1.54, 1.807) is 0 Å². The van der Waals surface area contributed by atoms with Crippen LogP contribution >= 0.6 is 57.8 Å². The van der Waals surface area contributed by atoms with Gasteiger partial charge >= 0.3 is 12.0 Å². The second-order valence-electron chi connectivity index (χ2n) is 7.73. The number of alkyl halides is 1. The van der Waals surface area contributed by atoms with Crippen LogP contribution in [0.3, 0.4) is 0 Å². The number of halogens is 1. The van der Waals surface area contributed by atoms with Crippen molar-refractivity contribution >= 4 is 92.7 Å². The van der Waals surface area contributed by atoms with Crippen molar-refractivity contribution in [2.24, 2.45) is 5.73 Å². The number of nitrogens with two attached hydrogens (primary N) is 1. The lowest BCUT2D eigenvalue weighted by Crippen LogP contribution is -2.71. The van der Waals surface area contributed by atoms with Crippen molar-refractivity contribution in [1.29, 1.82) is 0 Å². The summed E-state index contributed by atoms with van der Waals surface area (Å²) in [6.45, 7) is 1.81. The minimum Gasteiger partial charge on any atom is -0.477 e. The van der Waals surface area contributed by atoms with Crippen molar-refractivity contribution in [1.82, 2.24) is 30.7 Å². The summed E-state index contributed by atoms with van der Waals surface area (Å²) in [7, 11) is 0. The number of thiazole rings is 1. The number of carbonyl (C=O) groups is 5. The second kappa shape index (κ2) is 11.9. The second-order valence-corrected chi connectivity index (χ2v) is 12.4. The molecule has 4 heterocycles. The van der Waals surface area contributed by atoms with Crippen molar-refractivity contribution in [3.8, 4) is 0 Å². The van der Waals surface area contributed by atoms with Gasteiger partial charge in [-0.25, -0.2) is 14.6 Å². The maximum atomic E-state index is 13.1. The van der Waals surface area contributed by atoms with Crippen molar-refractivity contribution < 1.29 is 29.1 Å². The summed E-state index contributed by atoms with van der Waals surface area (Å²) in [4.78, 5) is 66.5. The summed E-state index contributed by atoms with van der Waals surface area (Å²) in [5, 5.41) is 26.8. The molecule has 38 heavy (non-hydrogen) atoms. The van der Waals surface area contributed by atoms with E-state index < -0.39 is 47.2 Å². The molecule has 5 amide bonds. The summed E-state index contributed by atoms with van der Waals surface area (Å²) >= 11 is 10.5. The standard InChI is InChI=1S/C19H19ClN8O6S4/c1-6-26-27-19(38-6)37-4-7-3-35-15-11(14(31)28(15)12(7)16(32)33)24-13(30)10(25-17(21)34)8-5-36-18(22-8)23-9(29)2-20/h5,10-11,15H,2-4H2,1H3,(H,24,30)(H,32,33)(H3,21,25,34)(H,22,23,29)/t10?,11-,15?/m0/s1. The summed E-state index contributed by atoms with van der Waals surface area (Å²) in [5.41, 5.74) is 5.73. The van der Waals surface area contributed by atoms with Gasteiger partial charge in [0.1, 0.15) is 28.0 Å². The number of carbonyl (C=O) groups excluding carboxylic acids is 4. The molecule has 0 aliphatic carbocycles. The molecule has 2 aliphatic heterocycles. The zero-order valence-electron chi connectivity index (χ0n) is 19.3. The van der Waals surface area contributed by atoms with Gasteiger partial charge in [-0.1, -0.05) is 23.1 Å². The van der Waals surface area contributed by atoms with Crippen LogP contribution in [0, 0.1) is 6.92 Å². The van der Waals surface area contributed by atoms with E-state index in [1.165, 1.54) is 40.2 Å². The number of anilines is 1. The lowest BCUT2D eigenvalue weighted by Gasteiger charge is -2.49. The van der Waals surface area contributed by atoms with Gasteiger partial charge in [0.2, 0.25) is 11.8 Å². The Labute approximate surface area is 236 Å². The zero-order chi connectivity index (χ0) is 27.6. The largest absolute Gasteiger partial charge is 0.477 e. The van der Waals surface area contributed by atoms with Crippen molar-refractivity contribution in [2.45, 2.75) is 28.7 Å². The number of rotatable bonds is 10. The first-order valence-corrected chi connectivity index (χ1v) is 14.9. The van der Waals surface area contributed by atoms with E-state index in [1.807, 2.05) is 6.92 Å². The number of nitrogens with zero attached hydrogens (tertiary/aromatic N) is 4. The number of primary amides is 1. The monoisotopic (exact) mass is 618 g/mol. The summed E-state index contributed by atoms with van der Waals surface area (Å²) in [6, 6.07) is -3.41. The van der Waals surface area contributed by atoms with Crippen LogP contribution in [0.2, 0.25) is 0 Å². The quantitative estimate of drug-likeness (QED) is 0.142. The smallest absolute Gasteiger partial charge is 0.352 e. The van der Waals surface area contributed by atoms with Crippen molar-refractivity contribution in [3.63, 3.8) is 0 Å². The van der Waals surface area contributed by atoms with Crippen LogP contribution in [0.15, 0.2) is 21.0 Å². The van der Waals surface area contributed by atoms with Gasteiger partial charge in [0.05, 0.1) is 5.69 Å². The van der Waals surface area contributed by atoms with Gasteiger partial charge in [-0.15, -0.1) is 44.9 Å². The highest BCUT2D eigenvalue weighted by molar-refractivity contribution is 8.01. The highest BCUT2D eigenvalue weighted by Gasteiger charge is 2.54. The summed E-state index contributed by atoms with van der Waals surface area (Å²) in [6.07, 6.45) is 0. The number of hydrogen-bond acceptors (Lipinski definition) is 12. The van der Waals surface area contributed by atoms with Crippen LogP contribution in [0.1, 0.15) is 16.7 Å². The van der Waals surface area contributed by atoms with Crippen LogP contribution in [0.5, 0.6) is 0 Å². The van der Waals surface area contributed by atoms with E-state index in [4.69, 9.17) is 17.3 Å². The van der Waals surface area contributed by atoms with Crippen LogP contribution < -0.4 is 21.7 Å². The number of aromatic nitrogens is 3. The van der Waals surface area contributed by atoms with E-state index >= 15 is 0 Å². The van der Waals surface area contributed by atoms with Crippen LogP contribution in [-0.2, 0) is 19.2 Å². The third-order valence-electron chi connectivity index (χ3n) is 5.16. The third-order valence-corrected chi connectivity index (χ3v) is 9.58. The molecule has 202 valence electrons. The number of fused-ring (bicyclic) bond motifs is 1. The fourth-order valence-electron chi connectivity index (χ4n) is 3.56. The van der Waals surface area contributed by atoms with E-state index in [-0.39, 0.29) is 22.4 Å². The first-order chi connectivity index (χ1) is 18.1. The molecule has 2 unspecified atom stereocenters. The van der Waals surface area contributed by atoms with Crippen molar-refractivity contribution in [3.05, 3.63) is 27.4 Å². The molecular formula is C19H19ClN8O6S4. The number of aryl methyl sites for hydroxylation is 1. The maximum absolute atomic E-state index is 13.1. The highest BCUT2D eigenvalue weighted by atomic mass is 35.5. The minimum atomic E-state index is -1.36. The Kier molecular flexibility index (Phi) is 8.76. The first-order valence-electron chi connectivity index (χ1n) is 10.6. The molecule has 0 saturated carbocycles. The molecule has 2 aromatic rings. The molecule has 1 saturated heterocycles. The van der Waals surface area contributed by atoms with Gasteiger partial charge in [0.25, 0.3) is 5.91 Å². The topological polar surface area (TPSA) is 210 Å². The van der Waals surface area contributed by atoms with E-state index in [0.717, 1.165) is 21.2 Å². The number of urea groups is 1. The normalized spacial score (nSPS) is 19.3. The maximum Gasteiger partial charge on any atom is 0.352 e. The first kappa shape index (κ1) is 28.1. The zero-order valence-corrected chi connectivity index (χ0v) is 23.3. The SMILES string of the molecule is Cc1nnc(SCC2=C(C(=O)O)N3C(=O)[C@H](NC(=O)C(NC(N)=O)c4csc(NC(=O)CCl)n4)C3SC2)s1. The Bertz CT molecular complexity index is 1330. The van der Waals surface area contributed by atoms with Gasteiger partial charge in [0.15, 0.2) is 15.5 Å². The van der Waals surface area contributed by atoms with Gasteiger partial charge in [-0.2, -0.15) is 0 Å². The van der Waals surface area contributed by atoms with Gasteiger partial charge in [0, 0.05) is 16.9 Å². The Morgan fingerprint density at radius 3 is 2.74 bits per heavy atom. The van der Waals surface area contributed by atoms with E-state index in [2.05, 4.69) is 31.1 Å². The highest BCUT2D eigenvalue weighted by Crippen LogP contribution is 2.42. The molecule has 19 heteroatoms. The average Bonchev–Trinajstić information content (AvgIpc) is 3.51. The van der Waals surface area contributed by atoms with E-state index in [9.17, 15) is 29.1 Å². The molecule has 0 spiro atoms. The lowest BCUT2D eigenvalue weighted by atomic mass is 10.0. The molecule has 2 aliphatic rings. The van der Waals surface area contributed by atoms with Gasteiger partial charge in [-0.05, 0) is 12.5 Å². The fourth-order valence-corrected chi connectivity index (χ4v) is 7.68. The number of amides is 5. The number of aliphatic carboxylic acids is 1. The van der Waals surface area contributed by atoms with Crippen LogP contribution in [0.25, 0.3) is 0 Å². The average molecular weight is 619 g/mol. The van der Waals surface area contributed by atoms with Crippen LogP contribution in [-0.4, -0.2) is 83.7 Å². The Hall–Kier alpha value is -2.93. The van der Waals surface area contributed by atoms with Crippen LogP contribution in [0.4, 0.5) is 9.93 Å². The van der Waals surface area contributed by atoms with Crippen molar-refractivity contribution in [2.75, 3.05) is 22.7 Å². The molecule has 14 nitrogen and oxygen atoms in total. The molecule has 0 aromatic carbocycles. The van der Waals surface area contributed by atoms with E-state index in [0.29, 0.717) is 21.4 Å². The molecule has 6 N–H and O–H groups in total. The molecule has 3 atom stereocenters. The Morgan fingerprint density at radius 1 is 1.34 bits per heavy atom. The molecule has 0 radical (unpaired) electrons. The molecule has 0 bridgehead atoms. The summed E-state index contributed by atoms with van der Waals surface area (Å²) < 4.78 is 0.687. The number of carboxylic acid groups (broad SMARTS) is 1. The lowest BCUT2D eigenvalue weighted by molar-refractivity contribution is -0.151. The molecule has 1 fully saturated rings. The van der Waals surface area contributed by atoms with Gasteiger partial charge in [-0.3, -0.25) is 19.3 Å². The number of β-lactam (4-membered cyclic amide) rings is 1. The Balaban J connectivity index is 1.47. The molecule has 4 rings (SSSR count). The number of nitrogens with one attached hydrogen (secondary N) is 3. The molecular weight excluding hydrogens is 600 g/mol. The Morgan fingerprint density at radius 2 is 2.11 bits per heavy atom. The predicted octanol–water partition coefficient (Wildman–Crippen LogP) is 0.721. The minimum absolute atomic E-state index is 0.0773. The number of thioether (sulfide) groups is 2. The third kappa shape index (κ3) is 6.04. The fraction of sp³-hybridized carbons (Fsp3) is 0.368. The molecule has 2 aromatic heterocycles. The predicted molar refractivity (Wildman–Crippen MR) is 142 cm³/mol.